The SMILES string of the molecule is Fc1ccc(CNCCCN2CCCC2)c(F)c1. The molecule has 0 spiro atoms. The van der Waals surface area contributed by atoms with Crippen molar-refractivity contribution in [2.24, 2.45) is 0 Å². The van der Waals surface area contributed by atoms with Gasteiger partial charge in [-0.25, -0.2) is 8.78 Å². The number of hydrogen-bond acceptors (Lipinski definition) is 2. The number of benzene rings is 1. The number of hydrogen-bond donors (Lipinski definition) is 1. The van der Waals surface area contributed by atoms with Gasteiger partial charge in [0.05, 0.1) is 0 Å². The van der Waals surface area contributed by atoms with Crippen molar-refractivity contribution in [3.05, 3.63) is 35.4 Å². The highest BCUT2D eigenvalue weighted by atomic mass is 19.1. The van der Waals surface area contributed by atoms with Gasteiger partial charge in [-0.3, -0.25) is 0 Å². The molecule has 1 fully saturated rings. The van der Waals surface area contributed by atoms with Crippen molar-refractivity contribution in [2.45, 2.75) is 25.8 Å². The fraction of sp³-hybridized carbons (Fsp3) is 0.571. The number of likely N-dealkylation sites (tertiary alicyclic amines) is 1. The number of halogens is 2. The molecule has 0 bridgehead atoms. The molecule has 1 N–H and O–H groups in total. The molecule has 18 heavy (non-hydrogen) atoms. The fourth-order valence-electron chi connectivity index (χ4n) is 2.32. The monoisotopic (exact) mass is 254 g/mol. The average Bonchev–Trinajstić information content (AvgIpc) is 2.84. The Kier molecular flexibility index (Phi) is 5.08. The molecule has 2 rings (SSSR count). The van der Waals surface area contributed by atoms with E-state index in [9.17, 15) is 8.78 Å². The summed E-state index contributed by atoms with van der Waals surface area (Å²) in [7, 11) is 0. The molecule has 1 saturated heterocycles. The summed E-state index contributed by atoms with van der Waals surface area (Å²) >= 11 is 0. The first-order valence-electron chi connectivity index (χ1n) is 6.63. The standard InChI is InChI=1S/C14H20F2N2/c15-13-5-4-12(14(16)10-13)11-17-6-3-9-18-7-1-2-8-18/h4-5,10,17H,1-3,6-9,11H2. The lowest BCUT2D eigenvalue weighted by molar-refractivity contribution is 0.331. The number of nitrogens with zero attached hydrogens (tertiary/aromatic N) is 1. The zero-order valence-electron chi connectivity index (χ0n) is 10.6. The summed E-state index contributed by atoms with van der Waals surface area (Å²) in [6.07, 6.45) is 3.70. The molecule has 1 aliphatic heterocycles. The van der Waals surface area contributed by atoms with Crippen LogP contribution in [0.25, 0.3) is 0 Å². The van der Waals surface area contributed by atoms with Crippen LogP contribution >= 0.6 is 0 Å². The van der Waals surface area contributed by atoms with Gasteiger partial charge in [0.25, 0.3) is 0 Å². The lowest BCUT2D eigenvalue weighted by atomic mass is 10.2. The van der Waals surface area contributed by atoms with E-state index in [0.29, 0.717) is 12.1 Å². The van der Waals surface area contributed by atoms with Gasteiger partial charge in [0, 0.05) is 18.2 Å². The van der Waals surface area contributed by atoms with Gasteiger partial charge in [0.2, 0.25) is 0 Å². The van der Waals surface area contributed by atoms with Crippen LogP contribution in [0.3, 0.4) is 0 Å². The molecule has 0 aromatic heterocycles. The van der Waals surface area contributed by atoms with Crippen LogP contribution in [-0.2, 0) is 6.54 Å². The van der Waals surface area contributed by atoms with Crippen LogP contribution in [0.2, 0.25) is 0 Å². The molecule has 0 unspecified atom stereocenters. The van der Waals surface area contributed by atoms with Crippen molar-refractivity contribution in [2.75, 3.05) is 26.2 Å². The molecule has 1 aromatic rings. The van der Waals surface area contributed by atoms with Crippen LogP contribution in [0.5, 0.6) is 0 Å². The van der Waals surface area contributed by atoms with E-state index in [4.69, 9.17) is 0 Å². The summed E-state index contributed by atoms with van der Waals surface area (Å²) in [5.74, 6) is -0.993. The Bertz CT molecular complexity index is 376. The molecule has 0 amide bonds. The maximum Gasteiger partial charge on any atom is 0.130 e. The highest BCUT2D eigenvalue weighted by Gasteiger charge is 2.10. The highest BCUT2D eigenvalue weighted by Crippen LogP contribution is 2.09. The van der Waals surface area contributed by atoms with Crippen molar-refractivity contribution < 1.29 is 8.78 Å². The van der Waals surface area contributed by atoms with Gasteiger partial charge in [-0.1, -0.05) is 6.07 Å². The fourth-order valence-corrected chi connectivity index (χ4v) is 2.32. The third-order valence-corrected chi connectivity index (χ3v) is 3.36. The Balaban J connectivity index is 1.62. The van der Waals surface area contributed by atoms with Crippen LogP contribution in [0.15, 0.2) is 18.2 Å². The lowest BCUT2D eigenvalue weighted by Gasteiger charge is -2.14. The van der Waals surface area contributed by atoms with Gasteiger partial charge < -0.3 is 10.2 Å². The van der Waals surface area contributed by atoms with E-state index in [-0.39, 0.29) is 0 Å². The second-order valence-corrected chi connectivity index (χ2v) is 4.81. The van der Waals surface area contributed by atoms with E-state index in [0.717, 1.165) is 25.6 Å². The quantitative estimate of drug-likeness (QED) is 0.785. The molecule has 0 atom stereocenters. The minimum atomic E-state index is -0.523. The largest absolute Gasteiger partial charge is 0.313 e. The smallest absolute Gasteiger partial charge is 0.130 e. The van der Waals surface area contributed by atoms with Crippen molar-refractivity contribution in [1.82, 2.24) is 10.2 Å². The predicted octanol–water partition coefficient (Wildman–Crippen LogP) is 2.54. The Hall–Kier alpha value is -1.00. The molecular formula is C14H20F2N2. The second-order valence-electron chi connectivity index (χ2n) is 4.81. The van der Waals surface area contributed by atoms with Crippen LogP contribution in [0.4, 0.5) is 8.78 Å². The second kappa shape index (κ2) is 6.81. The lowest BCUT2D eigenvalue weighted by Crippen LogP contribution is -2.24. The summed E-state index contributed by atoms with van der Waals surface area (Å²) in [5, 5.41) is 3.20. The molecule has 2 nitrogen and oxygen atoms in total. The molecule has 0 radical (unpaired) electrons. The third kappa shape index (κ3) is 4.03. The topological polar surface area (TPSA) is 15.3 Å². The van der Waals surface area contributed by atoms with Gasteiger partial charge >= 0.3 is 0 Å². The Morgan fingerprint density at radius 1 is 1.17 bits per heavy atom. The van der Waals surface area contributed by atoms with E-state index in [1.54, 1.807) is 0 Å². The first-order valence-corrected chi connectivity index (χ1v) is 6.63. The Labute approximate surface area is 107 Å². The molecule has 4 heteroatoms. The van der Waals surface area contributed by atoms with Crippen LogP contribution < -0.4 is 5.32 Å². The molecule has 1 aliphatic rings. The predicted molar refractivity (Wildman–Crippen MR) is 68.4 cm³/mol. The summed E-state index contributed by atoms with van der Waals surface area (Å²) in [5.41, 5.74) is 0.526. The van der Waals surface area contributed by atoms with Crippen molar-refractivity contribution >= 4 is 0 Å². The van der Waals surface area contributed by atoms with Gasteiger partial charge in [-0.2, -0.15) is 0 Å². The number of nitrogens with one attached hydrogen (secondary N) is 1. The van der Waals surface area contributed by atoms with Crippen molar-refractivity contribution in [3.8, 4) is 0 Å². The van der Waals surface area contributed by atoms with Crippen LogP contribution in [0.1, 0.15) is 24.8 Å². The van der Waals surface area contributed by atoms with Gasteiger partial charge in [0.15, 0.2) is 0 Å². The van der Waals surface area contributed by atoms with Gasteiger partial charge in [-0.05, 0) is 51.5 Å². The van der Waals surface area contributed by atoms with Crippen molar-refractivity contribution in [1.29, 1.82) is 0 Å². The molecule has 1 heterocycles. The summed E-state index contributed by atoms with van der Waals surface area (Å²) in [6, 6.07) is 3.73. The molecule has 1 aromatic carbocycles. The Morgan fingerprint density at radius 2 is 1.94 bits per heavy atom. The van der Waals surface area contributed by atoms with Crippen molar-refractivity contribution in [3.63, 3.8) is 0 Å². The van der Waals surface area contributed by atoms with Crippen LogP contribution in [-0.4, -0.2) is 31.1 Å². The van der Waals surface area contributed by atoms with Gasteiger partial charge in [0.1, 0.15) is 11.6 Å². The first kappa shape index (κ1) is 13.4. The molecule has 100 valence electrons. The third-order valence-electron chi connectivity index (χ3n) is 3.36. The maximum atomic E-state index is 13.3. The van der Waals surface area contributed by atoms with E-state index < -0.39 is 11.6 Å². The summed E-state index contributed by atoms with van der Waals surface area (Å²) in [4.78, 5) is 2.46. The molecular weight excluding hydrogens is 234 g/mol. The zero-order valence-corrected chi connectivity index (χ0v) is 10.6. The van der Waals surface area contributed by atoms with Gasteiger partial charge in [-0.15, -0.1) is 0 Å². The van der Waals surface area contributed by atoms with E-state index >= 15 is 0 Å². The Morgan fingerprint density at radius 3 is 2.67 bits per heavy atom. The minimum Gasteiger partial charge on any atom is -0.313 e. The first-order chi connectivity index (χ1) is 8.75. The van der Waals surface area contributed by atoms with E-state index in [2.05, 4.69) is 10.2 Å². The molecule has 0 saturated carbocycles. The highest BCUT2D eigenvalue weighted by molar-refractivity contribution is 5.18. The van der Waals surface area contributed by atoms with Crippen LogP contribution in [0, 0.1) is 11.6 Å². The summed E-state index contributed by atoms with van der Waals surface area (Å²) < 4.78 is 26.0. The normalized spacial score (nSPS) is 16.3. The molecule has 0 aliphatic carbocycles. The van der Waals surface area contributed by atoms with E-state index in [1.807, 2.05) is 0 Å². The minimum absolute atomic E-state index is 0.464. The van der Waals surface area contributed by atoms with E-state index in [1.165, 1.54) is 38.1 Å². The number of rotatable bonds is 6. The maximum absolute atomic E-state index is 13.3. The average molecular weight is 254 g/mol. The zero-order chi connectivity index (χ0) is 12.8. The summed E-state index contributed by atoms with van der Waals surface area (Å²) in [6.45, 7) is 4.87.